The lowest BCUT2D eigenvalue weighted by Crippen LogP contribution is -2.50. The van der Waals surface area contributed by atoms with Crippen LogP contribution in [0, 0.1) is 11.3 Å². The highest BCUT2D eigenvalue weighted by Crippen LogP contribution is 2.18. The first kappa shape index (κ1) is 19.2. The molecule has 1 aliphatic rings. The van der Waals surface area contributed by atoms with Crippen LogP contribution in [0.3, 0.4) is 0 Å². The molecule has 1 N–H and O–H groups in total. The molecular formula is C20H21N5O3. The van der Waals surface area contributed by atoms with Crippen LogP contribution in [0.25, 0.3) is 0 Å². The molecule has 1 saturated heterocycles. The molecule has 2 aromatic rings. The summed E-state index contributed by atoms with van der Waals surface area (Å²) in [7, 11) is 0. The number of ether oxygens (including phenoxy) is 1. The van der Waals surface area contributed by atoms with Crippen molar-refractivity contribution in [2.45, 2.75) is 6.92 Å². The summed E-state index contributed by atoms with van der Waals surface area (Å²) in [5, 5.41) is 12.0. The van der Waals surface area contributed by atoms with Gasteiger partial charge in [-0.05, 0) is 37.3 Å². The molecule has 1 aromatic heterocycles. The Morgan fingerprint density at radius 3 is 2.43 bits per heavy atom. The second kappa shape index (κ2) is 8.86. The Hall–Kier alpha value is -3.60. The first-order chi connectivity index (χ1) is 13.6. The highest BCUT2D eigenvalue weighted by Gasteiger charge is 2.25. The maximum Gasteiger partial charge on any atom is 0.409 e. The van der Waals surface area contributed by atoms with Crippen LogP contribution < -0.4 is 5.32 Å². The molecular weight excluding hydrogens is 358 g/mol. The van der Waals surface area contributed by atoms with E-state index in [0.717, 1.165) is 5.69 Å². The smallest absolute Gasteiger partial charge is 0.409 e. The van der Waals surface area contributed by atoms with Crippen LogP contribution in [0.15, 0.2) is 42.7 Å². The molecule has 1 aliphatic heterocycles. The van der Waals surface area contributed by atoms with E-state index in [0.29, 0.717) is 49.6 Å². The number of piperazine rings is 1. The van der Waals surface area contributed by atoms with Crippen molar-refractivity contribution in [2.75, 3.05) is 38.1 Å². The predicted octanol–water partition coefficient (Wildman–Crippen LogP) is 2.61. The van der Waals surface area contributed by atoms with Gasteiger partial charge in [0.25, 0.3) is 5.91 Å². The maximum atomic E-state index is 12.8. The molecule has 1 aromatic carbocycles. The van der Waals surface area contributed by atoms with Crippen LogP contribution >= 0.6 is 0 Å². The van der Waals surface area contributed by atoms with Gasteiger partial charge in [-0.2, -0.15) is 5.26 Å². The summed E-state index contributed by atoms with van der Waals surface area (Å²) < 4.78 is 5.00. The number of pyridine rings is 1. The average molecular weight is 379 g/mol. The number of carbonyl (C=O) groups excluding carboxylic acids is 2. The molecule has 0 saturated carbocycles. The van der Waals surface area contributed by atoms with E-state index in [4.69, 9.17) is 10.00 Å². The highest BCUT2D eigenvalue weighted by atomic mass is 16.6. The van der Waals surface area contributed by atoms with E-state index in [9.17, 15) is 9.59 Å². The molecule has 0 unspecified atom stereocenters. The normalized spacial score (nSPS) is 13.6. The molecule has 3 rings (SSSR count). The molecule has 8 nitrogen and oxygen atoms in total. The van der Waals surface area contributed by atoms with Crippen molar-refractivity contribution in [2.24, 2.45) is 0 Å². The second-order valence-corrected chi connectivity index (χ2v) is 6.25. The summed E-state index contributed by atoms with van der Waals surface area (Å²) in [5.74, 6) is -0.125. The summed E-state index contributed by atoms with van der Waals surface area (Å²) >= 11 is 0. The Kier molecular flexibility index (Phi) is 6.07. The molecule has 144 valence electrons. The number of anilines is 2. The zero-order chi connectivity index (χ0) is 19.9. The summed E-state index contributed by atoms with van der Waals surface area (Å²) in [5.41, 5.74) is 2.53. The molecule has 8 heteroatoms. The Morgan fingerprint density at radius 2 is 1.79 bits per heavy atom. The Balaban J connectivity index is 1.62. The number of rotatable bonds is 4. The fraction of sp³-hybridized carbons (Fsp3) is 0.300. The standard InChI is InChI=1S/C20H21N5O3/c1-2-28-20(27)25-9-7-24(8-10-25)19(26)16-11-18(14-22-13-16)23-17-5-3-15(12-21)4-6-17/h3-6,11,13-14,23H,2,7-10H2,1H3. The lowest BCUT2D eigenvalue weighted by Gasteiger charge is -2.34. The summed E-state index contributed by atoms with van der Waals surface area (Å²) in [6.07, 6.45) is 2.82. The monoisotopic (exact) mass is 379 g/mol. The van der Waals surface area contributed by atoms with E-state index >= 15 is 0 Å². The van der Waals surface area contributed by atoms with Crippen molar-refractivity contribution < 1.29 is 14.3 Å². The van der Waals surface area contributed by atoms with Crippen LogP contribution in [0.4, 0.5) is 16.2 Å². The first-order valence-corrected chi connectivity index (χ1v) is 9.04. The van der Waals surface area contributed by atoms with E-state index in [-0.39, 0.29) is 12.0 Å². The third kappa shape index (κ3) is 4.57. The van der Waals surface area contributed by atoms with Gasteiger partial charge >= 0.3 is 6.09 Å². The quantitative estimate of drug-likeness (QED) is 0.877. The average Bonchev–Trinajstić information content (AvgIpc) is 2.74. The van der Waals surface area contributed by atoms with Gasteiger partial charge in [0.1, 0.15) is 0 Å². The predicted molar refractivity (Wildman–Crippen MR) is 103 cm³/mol. The van der Waals surface area contributed by atoms with Crippen LogP contribution in [0.1, 0.15) is 22.8 Å². The van der Waals surface area contributed by atoms with Gasteiger partial charge in [-0.15, -0.1) is 0 Å². The summed E-state index contributed by atoms with van der Waals surface area (Å²) in [4.78, 5) is 32.0. The number of nitrogens with zero attached hydrogens (tertiary/aromatic N) is 4. The molecule has 0 atom stereocenters. The lowest BCUT2D eigenvalue weighted by molar-refractivity contribution is 0.0570. The maximum absolute atomic E-state index is 12.8. The number of hydrogen-bond acceptors (Lipinski definition) is 6. The number of amides is 2. The Bertz CT molecular complexity index is 883. The minimum Gasteiger partial charge on any atom is -0.450 e. The molecule has 0 radical (unpaired) electrons. The third-order valence-electron chi connectivity index (χ3n) is 4.38. The summed E-state index contributed by atoms with van der Waals surface area (Å²) in [6, 6.07) is 10.8. The Morgan fingerprint density at radius 1 is 1.11 bits per heavy atom. The third-order valence-corrected chi connectivity index (χ3v) is 4.38. The lowest BCUT2D eigenvalue weighted by atomic mass is 10.2. The largest absolute Gasteiger partial charge is 0.450 e. The highest BCUT2D eigenvalue weighted by molar-refractivity contribution is 5.95. The summed E-state index contributed by atoms with van der Waals surface area (Å²) in [6.45, 7) is 3.89. The fourth-order valence-electron chi connectivity index (χ4n) is 2.91. The fourth-order valence-corrected chi connectivity index (χ4v) is 2.91. The zero-order valence-electron chi connectivity index (χ0n) is 15.6. The van der Waals surface area contributed by atoms with E-state index in [2.05, 4.69) is 16.4 Å². The van der Waals surface area contributed by atoms with Crippen molar-refractivity contribution in [3.8, 4) is 6.07 Å². The number of nitrogens with one attached hydrogen (secondary N) is 1. The topological polar surface area (TPSA) is 98.6 Å². The van der Waals surface area contributed by atoms with Gasteiger partial charge in [-0.3, -0.25) is 9.78 Å². The van der Waals surface area contributed by atoms with Crippen molar-refractivity contribution in [1.82, 2.24) is 14.8 Å². The van der Waals surface area contributed by atoms with Gasteiger partial charge in [0, 0.05) is 38.1 Å². The number of carbonyl (C=O) groups is 2. The molecule has 2 heterocycles. The van der Waals surface area contributed by atoms with E-state index < -0.39 is 0 Å². The Labute approximate surface area is 163 Å². The number of aromatic nitrogens is 1. The zero-order valence-corrected chi connectivity index (χ0v) is 15.6. The minimum atomic E-state index is -0.343. The van der Waals surface area contributed by atoms with Crippen molar-refractivity contribution in [3.05, 3.63) is 53.9 Å². The van der Waals surface area contributed by atoms with Gasteiger partial charge in [-0.1, -0.05) is 0 Å². The van der Waals surface area contributed by atoms with Gasteiger partial charge in [0.2, 0.25) is 0 Å². The number of hydrogen-bond donors (Lipinski definition) is 1. The van der Waals surface area contributed by atoms with Crippen molar-refractivity contribution >= 4 is 23.4 Å². The SMILES string of the molecule is CCOC(=O)N1CCN(C(=O)c2cncc(Nc3ccc(C#N)cc3)c2)CC1. The first-order valence-electron chi connectivity index (χ1n) is 9.04. The molecule has 0 bridgehead atoms. The number of nitriles is 1. The second-order valence-electron chi connectivity index (χ2n) is 6.25. The van der Waals surface area contributed by atoms with E-state index in [1.165, 1.54) is 6.20 Å². The van der Waals surface area contributed by atoms with Gasteiger partial charge in [0.05, 0.1) is 35.7 Å². The van der Waals surface area contributed by atoms with Crippen molar-refractivity contribution in [3.63, 3.8) is 0 Å². The molecule has 1 fully saturated rings. The van der Waals surface area contributed by atoms with Crippen LogP contribution in [0.5, 0.6) is 0 Å². The van der Waals surface area contributed by atoms with Crippen LogP contribution in [-0.4, -0.2) is 59.6 Å². The molecule has 0 spiro atoms. The molecule has 0 aliphatic carbocycles. The number of benzene rings is 1. The molecule has 28 heavy (non-hydrogen) atoms. The van der Waals surface area contributed by atoms with Gasteiger partial charge < -0.3 is 19.9 Å². The van der Waals surface area contributed by atoms with Gasteiger partial charge in [0.15, 0.2) is 0 Å². The van der Waals surface area contributed by atoms with E-state index in [1.54, 1.807) is 53.3 Å². The van der Waals surface area contributed by atoms with Crippen LogP contribution in [0.2, 0.25) is 0 Å². The van der Waals surface area contributed by atoms with Crippen molar-refractivity contribution in [1.29, 1.82) is 5.26 Å². The van der Waals surface area contributed by atoms with Gasteiger partial charge in [-0.25, -0.2) is 4.79 Å². The van der Waals surface area contributed by atoms with Crippen LogP contribution in [-0.2, 0) is 4.74 Å². The van der Waals surface area contributed by atoms with E-state index in [1.807, 2.05) is 0 Å². The minimum absolute atomic E-state index is 0.125. The molecule has 2 amide bonds.